The SMILES string of the molecule is CC(Sc1ccccc1C(=O)NCCCSc1ccc(F)cc1)C(=O)O. The van der Waals surface area contributed by atoms with E-state index in [1.165, 1.54) is 12.1 Å². The Morgan fingerprint density at radius 1 is 1.15 bits per heavy atom. The van der Waals surface area contributed by atoms with Crippen LogP contribution in [0.4, 0.5) is 4.39 Å². The van der Waals surface area contributed by atoms with Gasteiger partial charge in [0, 0.05) is 16.3 Å². The van der Waals surface area contributed by atoms with E-state index >= 15 is 0 Å². The first-order chi connectivity index (χ1) is 12.5. The number of nitrogens with one attached hydrogen (secondary N) is 1. The van der Waals surface area contributed by atoms with Crippen molar-refractivity contribution < 1.29 is 19.1 Å². The van der Waals surface area contributed by atoms with Gasteiger partial charge in [0.25, 0.3) is 5.91 Å². The normalized spacial score (nSPS) is 11.8. The zero-order chi connectivity index (χ0) is 18.9. The molecule has 1 atom stereocenters. The minimum absolute atomic E-state index is 0.211. The summed E-state index contributed by atoms with van der Waals surface area (Å²) in [6, 6.07) is 13.3. The van der Waals surface area contributed by atoms with Gasteiger partial charge in [0.05, 0.1) is 5.56 Å². The molecule has 138 valence electrons. The molecule has 0 heterocycles. The van der Waals surface area contributed by atoms with Crippen LogP contribution in [-0.2, 0) is 4.79 Å². The Hall–Kier alpha value is -1.99. The second-order valence-electron chi connectivity index (χ2n) is 5.51. The summed E-state index contributed by atoms with van der Waals surface area (Å²) in [5, 5.41) is 11.3. The van der Waals surface area contributed by atoms with Crippen LogP contribution in [0, 0.1) is 5.82 Å². The Morgan fingerprint density at radius 2 is 1.85 bits per heavy atom. The van der Waals surface area contributed by atoms with Gasteiger partial charge in [-0.2, -0.15) is 0 Å². The number of hydrogen-bond donors (Lipinski definition) is 2. The maximum atomic E-state index is 12.8. The molecule has 0 aliphatic rings. The first kappa shape index (κ1) is 20.3. The van der Waals surface area contributed by atoms with Crippen molar-refractivity contribution in [3.63, 3.8) is 0 Å². The molecular weight excluding hydrogens is 373 g/mol. The van der Waals surface area contributed by atoms with E-state index in [1.807, 2.05) is 0 Å². The van der Waals surface area contributed by atoms with Crippen LogP contribution in [0.3, 0.4) is 0 Å². The highest BCUT2D eigenvalue weighted by molar-refractivity contribution is 8.00. The lowest BCUT2D eigenvalue weighted by Gasteiger charge is -2.11. The first-order valence-corrected chi connectivity index (χ1v) is 9.99. The molecule has 2 aromatic carbocycles. The largest absolute Gasteiger partial charge is 0.480 e. The molecule has 0 spiro atoms. The third-order valence-corrected chi connectivity index (χ3v) is 5.74. The Bertz CT molecular complexity index is 753. The Labute approximate surface area is 160 Å². The molecule has 0 aliphatic heterocycles. The van der Waals surface area contributed by atoms with Crippen LogP contribution in [0.2, 0.25) is 0 Å². The van der Waals surface area contributed by atoms with Gasteiger partial charge in [0.15, 0.2) is 0 Å². The van der Waals surface area contributed by atoms with E-state index in [2.05, 4.69) is 5.32 Å². The van der Waals surface area contributed by atoms with Crippen molar-refractivity contribution in [2.24, 2.45) is 0 Å². The molecule has 0 bridgehead atoms. The summed E-state index contributed by atoms with van der Waals surface area (Å²) >= 11 is 2.76. The van der Waals surface area contributed by atoms with Gasteiger partial charge in [-0.15, -0.1) is 23.5 Å². The predicted molar refractivity (Wildman–Crippen MR) is 103 cm³/mol. The van der Waals surface area contributed by atoms with E-state index in [0.29, 0.717) is 17.0 Å². The van der Waals surface area contributed by atoms with Gasteiger partial charge in [0.2, 0.25) is 0 Å². The standard InChI is InChI=1S/C19H20FNO3S2/c1-13(19(23)24)26-17-6-3-2-5-16(17)18(22)21-11-4-12-25-15-9-7-14(20)8-10-15/h2-3,5-10,13H,4,11-12H2,1H3,(H,21,22)(H,23,24). The molecule has 0 radical (unpaired) electrons. The van der Waals surface area contributed by atoms with Gasteiger partial charge >= 0.3 is 5.97 Å². The average Bonchev–Trinajstić information content (AvgIpc) is 2.63. The van der Waals surface area contributed by atoms with Crippen molar-refractivity contribution in [1.82, 2.24) is 5.32 Å². The number of carbonyl (C=O) groups is 2. The number of rotatable bonds is 9. The summed E-state index contributed by atoms with van der Waals surface area (Å²) in [5.74, 6) is -0.575. The van der Waals surface area contributed by atoms with Crippen molar-refractivity contribution in [2.75, 3.05) is 12.3 Å². The summed E-state index contributed by atoms with van der Waals surface area (Å²) in [4.78, 5) is 25.0. The molecule has 7 heteroatoms. The van der Waals surface area contributed by atoms with E-state index < -0.39 is 11.2 Å². The van der Waals surface area contributed by atoms with Gasteiger partial charge in [-0.3, -0.25) is 9.59 Å². The predicted octanol–water partition coefficient (Wildman–Crippen LogP) is 4.30. The highest BCUT2D eigenvalue weighted by Crippen LogP contribution is 2.27. The van der Waals surface area contributed by atoms with Crippen molar-refractivity contribution in [1.29, 1.82) is 0 Å². The molecule has 0 fully saturated rings. The monoisotopic (exact) mass is 393 g/mol. The first-order valence-electron chi connectivity index (χ1n) is 8.12. The van der Waals surface area contributed by atoms with E-state index in [-0.39, 0.29) is 11.7 Å². The Kier molecular flexibility index (Phi) is 8.00. The summed E-state index contributed by atoms with van der Waals surface area (Å²) in [6.07, 6.45) is 0.772. The minimum atomic E-state index is -0.914. The lowest BCUT2D eigenvalue weighted by molar-refractivity contribution is -0.136. The molecule has 1 amide bonds. The summed E-state index contributed by atoms with van der Waals surface area (Å²) in [7, 11) is 0. The Balaban J connectivity index is 1.80. The summed E-state index contributed by atoms with van der Waals surface area (Å²) in [6.45, 7) is 2.11. The van der Waals surface area contributed by atoms with Gasteiger partial charge in [-0.05, 0) is 55.5 Å². The smallest absolute Gasteiger partial charge is 0.316 e. The quantitative estimate of drug-likeness (QED) is 0.491. The number of carboxylic acid groups (broad SMARTS) is 1. The van der Waals surface area contributed by atoms with Gasteiger partial charge in [0.1, 0.15) is 11.1 Å². The lowest BCUT2D eigenvalue weighted by atomic mass is 10.2. The molecule has 0 saturated heterocycles. The maximum absolute atomic E-state index is 12.8. The molecule has 26 heavy (non-hydrogen) atoms. The highest BCUT2D eigenvalue weighted by atomic mass is 32.2. The fraction of sp³-hybridized carbons (Fsp3) is 0.263. The number of amides is 1. The molecule has 2 N–H and O–H groups in total. The molecule has 1 unspecified atom stereocenters. The van der Waals surface area contributed by atoms with Crippen molar-refractivity contribution in [2.45, 2.75) is 28.4 Å². The molecule has 0 aliphatic carbocycles. The molecule has 4 nitrogen and oxygen atoms in total. The van der Waals surface area contributed by atoms with Crippen molar-refractivity contribution >= 4 is 35.4 Å². The highest BCUT2D eigenvalue weighted by Gasteiger charge is 2.17. The second-order valence-corrected chi connectivity index (χ2v) is 8.06. The van der Waals surface area contributed by atoms with Gasteiger partial charge in [-0.1, -0.05) is 12.1 Å². The van der Waals surface area contributed by atoms with Crippen molar-refractivity contribution in [3.8, 4) is 0 Å². The zero-order valence-electron chi connectivity index (χ0n) is 14.3. The van der Waals surface area contributed by atoms with Crippen LogP contribution in [0.5, 0.6) is 0 Å². The fourth-order valence-electron chi connectivity index (χ4n) is 2.09. The molecule has 2 rings (SSSR count). The van der Waals surface area contributed by atoms with Crippen LogP contribution in [0.1, 0.15) is 23.7 Å². The third kappa shape index (κ3) is 6.38. The van der Waals surface area contributed by atoms with E-state index in [0.717, 1.165) is 28.8 Å². The van der Waals surface area contributed by atoms with Crippen LogP contribution < -0.4 is 5.32 Å². The minimum Gasteiger partial charge on any atom is -0.480 e. The third-order valence-electron chi connectivity index (χ3n) is 3.47. The van der Waals surface area contributed by atoms with Crippen LogP contribution in [0.15, 0.2) is 58.3 Å². The number of benzene rings is 2. The number of hydrogen-bond acceptors (Lipinski definition) is 4. The number of carbonyl (C=O) groups excluding carboxylic acids is 1. The second kappa shape index (κ2) is 10.2. The molecular formula is C19H20FNO3S2. The molecule has 2 aromatic rings. The van der Waals surface area contributed by atoms with Crippen LogP contribution in [0.25, 0.3) is 0 Å². The number of halogens is 1. The molecule has 0 aromatic heterocycles. The molecule has 0 saturated carbocycles. The average molecular weight is 394 g/mol. The zero-order valence-corrected chi connectivity index (χ0v) is 15.9. The van der Waals surface area contributed by atoms with Crippen LogP contribution >= 0.6 is 23.5 Å². The van der Waals surface area contributed by atoms with Gasteiger partial charge < -0.3 is 10.4 Å². The lowest BCUT2D eigenvalue weighted by Crippen LogP contribution is -2.25. The van der Waals surface area contributed by atoms with E-state index in [9.17, 15) is 14.0 Å². The number of thioether (sulfide) groups is 2. The van der Waals surface area contributed by atoms with E-state index in [4.69, 9.17) is 5.11 Å². The van der Waals surface area contributed by atoms with Crippen LogP contribution in [-0.4, -0.2) is 34.5 Å². The fourth-order valence-corrected chi connectivity index (χ4v) is 3.87. The van der Waals surface area contributed by atoms with Gasteiger partial charge in [-0.25, -0.2) is 4.39 Å². The maximum Gasteiger partial charge on any atom is 0.316 e. The number of aliphatic carboxylic acids is 1. The summed E-state index contributed by atoms with van der Waals surface area (Å²) in [5.41, 5.74) is 0.483. The van der Waals surface area contributed by atoms with E-state index in [1.54, 1.807) is 55.1 Å². The summed E-state index contributed by atoms with van der Waals surface area (Å²) < 4.78 is 12.8. The van der Waals surface area contributed by atoms with Crippen molar-refractivity contribution in [3.05, 3.63) is 59.9 Å². The Morgan fingerprint density at radius 3 is 2.54 bits per heavy atom. The number of carboxylic acids is 1. The topological polar surface area (TPSA) is 66.4 Å².